The first-order chi connectivity index (χ1) is 15.6. The van der Waals surface area contributed by atoms with Gasteiger partial charge in [-0.1, -0.05) is 6.42 Å². The number of likely N-dealkylation sites (tertiary alicyclic amines) is 2. The highest BCUT2D eigenvalue weighted by molar-refractivity contribution is 5.79. The third-order valence-corrected chi connectivity index (χ3v) is 6.76. The Morgan fingerprint density at radius 1 is 1.06 bits per heavy atom. The maximum absolute atomic E-state index is 5.41. The van der Waals surface area contributed by atoms with Crippen molar-refractivity contribution in [2.75, 3.05) is 54.0 Å². The standard InChI is InChI=1S/C25H43N5O2/c1-20-9-5-7-12-30(20)13-8-6-11-27-25(26-2)28-22-10-14-29(19-22)18-21-15-23(31-3)17-24(16-21)32-4/h15-17,20,22H,5-14,18-19H2,1-4H3,(H2,26,27,28). The molecule has 32 heavy (non-hydrogen) atoms. The zero-order valence-electron chi connectivity index (χ0n) is 20.5. The topological polar surface area (TPSA) is 61.4 Å². The number of hydrogen-bond acceptors (Lipinski definition) is 5. The molecular weight excluding hydrogens is 402 g/mol. The van der Waals surface area contributed by atoms with Crippen LogP contribution in [0.5, 0.6) is 11.5 Å². The maximum Gasteiger partial charge on any atom is 0.191 e. The second-order valence-electron chi connectivity index (χ2n) is 9.17. The molecule has 0 spiro atoms. The van der Waals surface area contributed by atoms with Crippen molar-refractivity contribution in [2.24, 2.45) is 4.99 Å². The average molecular weight is 446 g/mol. The van der Waals surface area contributed by atoms with E-state index in [1.165, 1.54) is 50.8 Å². The summed E-state index contributed by atoms with van der Waals surface area (Å²) in [7, 11) is 5.25. The molecule has 2 saturated heterocycles. The summed E-state index contributed by atoms with van der Waals surface area (Å²) in [5.41, 5.74) is 1.22. The van der Waals surface area contributed by atoms with Crippen LogP contribution in [0.15, 0.2) is 23.2 Å². The first-order valence-corrected chi connectivity index (χ1v) is 12.3. The first-order valence-electron chi connectivity index (χ1n) is 12.3. The molecule has 3 rings (SSSR count). The van der Waals surface area contributed by atoms with Crippen LogP contribution in [-0.4, -0.2) is 81.8 Å². The van der Waals surface area contributed by atoms with Gasteiger partial charge in [-0.25, -0.2) is 0 Å². The lowest BCUT2D eigenvalue weighted by atomic mass is 10.0. The fourth-order valence-corrected chi connectivity index (χ4v) is 4.83. The van der Waals surface area contributed by atoms with Gasteiger partial charge >= 0.3 is 0 Å². The molecule has 180 valence electrons. The van der Waals surface area contributed by atoms with Crippen molar-refractivity contribution in [1.82, 2.24) is 20.4 Å². The highest BCUT2D eigenvalue weighted by Crippen LogP contribution is 2.24. The smallest absolute Gasteiger partial charge is 0.191 e. The van der Waals surface area contributed by atoms with Crippen molar-refractivity contribution < 1.29 is 9.47 Å². The summed E-state index contributed by atoms with van der Waals surface area (Å²) in [5, 5.41) is 7.12. The van der Waals surface area contributed by atoms with Crippen molar-refractivity contribution in [2.45, 2.75) is 64.1 Å². The molecule has 7 nitrogen and oxygen atoms in total. The Bertz CT molecular complexity index is 704. The fraction of sp³-hybridized carbons (Fsp3) is 0.720. The third kappa shape index (κ3) is 7.55. The number of rotatable bonds is 10. The number of hydrogen-bond donors (Lipinski definition) is 2. The summed E-state index contributed by atoms with van der Waals surface area (Å²) >= 11 is 0. The molecule has 2 unspecified atom stereocenters. The number of nitrogens with one attached hydrogen (secondary N) is 2. The normalized spacial score (nSPS) is 22.7. The first kappa shape index (κ1) is 24.6. The third-order valence-electron chi connectivity index (χ3n) is 6.76. The molecule has 0 saturated carbocycles. The molecule has 0 bridgehead atoms. The largest absolute Gasteiger partial charge is 0.497 e. The summed E-state index contributed by atoms with van der Waals surface area (Å²) in [6, 6.07) is 7.28. The molecule has 7 heteroatoms. The van der Waals surface area contributed by atoms with Gasteiger partial charge in [0.2, 0.25) is 0 Å². The Morgan fingerprint density at radius 3 is 2.53 bits per heavy atom. The van der Waals surface area contributed by atoms with Gasteiger partial charge in [-0.15, -0.1) is 0 Å². The minimum atomic E-state index is 0.419. The molecule has 2 atom stereocenters. The van der Waals surface area contributed by atoms with Crippen LogP contribution in [0.2, 0.25) is 0 Å². The summed E-state index contributed by atoms with van der Waals surface area (Å²) < 4.78 is 10.8. The van der Waals surface area contributed by atoms with Crippen LogP contribution in [0.25, 0.3) is 0 Å². The summed E-state index contributed by atoms with van der Waals surface area (Å²) in [6.45, 7) is 8.82. The summed E-state index contributed by atoms with van der Waals surface area (Å²) in [6.07, 6.45) is 7.66. The number of benzene rings is 1. The van der Waals surface area contributed by atoms with Gasteiger partial charge in [0.25, 0.3) is 0 Å². The van der Waals surface area contributed by atoms with E-state index in [0.717, 1.165) is 56.1 Å². The van der Waals surface area contributed by atoms with E-state index < -0.39 is 0 Å². The van der Waals surface area contributed by atoms with Crippen molar-refractivity contribution in [3.63, 3.8) is 0 Å². The van der Waals surface area contributed by atoms with E-state index in [9.17, 15) is 0 Å². The molecule has 2 aliphatic heterocycles. The fourth-order valence-electron chi connectivity index (χ4n) is 4.83. The molecule has 0 radical (unpaired) electrons. The Hall–Kier alpha value is -1.99. The number of piperidine rings is 1. The second-order valence-corrected chi connectivity index (χ2v) is 9.17. The van der Waals surface area contributed by atoms with Gasteiger partial charge in [0.05, 0.1) is 14.2 Å². The van der Waals surface area contributed by atoms with Crippen molar-refractivity contribution >= 4 is 5.96 Å². The van der Waals surface area contributed by atoms with Crippen LogP contribution in [-0.2, 0) is 6.54 Å². The zero-order chi connectivity index (χ0) is 22.8. The van der Waals surface area contributed by atoms with Crippen molar-refractivity contribution in [1.29, 1.82) is 0 Å². The molecule has 2 fully saturated rings. The Morgan fingerprint density at radius 2 is 1.84 bits per heavy atom. The number of ether oxygens (including phenoxy) is 2. The van der Waals surface area contributed by atoms with Crippen LogP contribution >= 0.6 is 0 Å². The molecular formula is C25H43N5O2. The summed E-state index contributed by atoms with van der Waals surface area (Å²) in [4.78, 5) is 9.56. The highest BCUT2D eigenvalue weighted by atomic mass is 16.5. The number of nitrogens with zero attached hydrogens (tertiary/aromatic N) is 3. The van der Waals surface area contributed by atoms with Gasteiger partial charge in [-0.05, 0) is 69.8 Å². The lowest BCUT2D eigenvalue weighted by Crippen LogP contribution is -2.45. The molecule has 2 aliphatic rings. The van der Waals surface area contributed by atoms with Gasteiger partial charge in [-0.3, -0.25) is 9.89 Å². The Kier molecular flexibility index (Phi) is 9.93. The van der Waals surface area contributed by atoms with Crippen molar-refractivity contribution in [3.05, 3.63) is 23.8 Å². The average Bonchev–Trinajstić information content (AvgIpc) is 3.25. The SMILES string of the molecule is CN=C(NCCCCN1CCCCC1C)NC1CCN(Cc2cc(OC)cc(OC)c2)C1. The lowest BCUT2D eigenvalue weighted by Gasteiger charge is -2.33. The van der Waals surface area contributed by atoms with E-state index in [0.29, 0.717) is 6.04 Å². The number of aliphatic imine (C=N–C) groups is 1. The Balaban J connectivity index is 1.35. The monoisotopic (exact) mass is 445 g/mol. The van der Waals surface area contributed by atoms with E-state index >= 15 is 0 Å². The molecule has 1 aromatic rings. The molecule has 2 N–H and O–H groups in total. The van der Waals surface area contributed by atoms with Crippen LogP contribution in [0.4, 0.5) is 0 Å². The predicted octanol–water partition coefficient (Wildman–Crippen LogP) is 3.10. The van der Waals surface area contributed by atoms with Crippen LogP contribution < -0.4 is 20.1 Å². The van der Waals surface area contributed by atoms with E-state index in [-0.39, 0.29) is 0 Å². The molecule has 0 aliphatic carbocycles. The van der Waals surface area contributed by atoms with Crippen LogP contribution in [0, 0.1) is 0 Å². The van der Waals surface area contributed by atoms with Crippen molar-refractivity contribution in [3.8, 4) is 11.5 Å². The van der Waals surface area contributed by atoms with E-state index in [2.05, 4.69) is 44.5 Å². The van der Waals surface area contributed by atoms with Gasteiger partial charge in [-0.2, -0.15) is 0 Å². The maximum atomic E-state index is 5.41. The second kappa shape index (κ2) is 12.9. The van der Waals surface area contributed by atoms with Crippen LogP contribution in [0.3, 0.4) is 0 Å². The van der Waals surface area contributed by atoms with E-state index in [4.69, 9.17) is 9.47 Å². The Labute approximate surface area is 194 Å². The zero-order valence-corrected chi connectivity index (χ0v) is 20.5. The quantitative estimate of drug-likeness (QED) is 0.328. The molecule has 2 heterocycles. The molecule has 1 aromatic carbocycles. The molecule has 0 amide bonds. The van der Waals surface area contributed by atoms with Gasteiger partial charge in [0.1, 0.15) is 11.5 Å². The number of guanidine groups is 1. The van der Waals surface area contributed by atoms with Crippen LogP contribution in [0.1, 0.15) is 51.0 Å². The van der Waals surface area contributed by atoms with Gasteiger partial charge in [0.15, 0.2) is 5.96 Å². The molecule has 0 aromatic heterocycles. The highest BCUT2D eigenvalue weighted by Gasteiger charge is 2.23. The number of unbranched alkanes of at least 4 members (excludes halogenated alkanes) is 1. The van der Waals surface area contributed by atoms with Gasteiger partial charge in [0, 0.05) is 51.4 Å². The van der Waals surface area contributed by atoms with E-state index in [1.54, 1.807) is 14.2 Å². The predicted molar refractivity (Wildman–Crippen MR) is 132 cm³/mol. The van der Waals surface area contributed by atoms with E-state index in [1.807, 2.05) is 13.1 Å². The minimum Gasteiger partial charge on any atom is -0.497 e. The lowest BCUT2D eigenvalue weighted by molar-refractivity contribution is 0.158. The number of methoxy groups -OCH3 is 2. The summed E-state index contributed by atoms with van der Waals surface area (Å²) in [5.74, 6) is 2.60. The minimum absolute atomic E-state index is 0.419. The van der Waals surface area contributed by atoms with Gasteiger partial charge < -0.3 is 25.0 Å².